The van der Waals surface area contributed by atoms with Crippen LogP contribution in [0.2, 0.25) is 0 Å². The largest absolute Gasteiger partial charge is 0.363 e. The Hall–Kier alpha value is -15.4. The van der Waals surface area contributed by atoms with Gasteiger partial charge >= 0.3 is 0 Å². The van der Waals surface area contributed by atoms with Crippen LogP contribution in [0.5, 0.6) is 0 Å². The van der Waals surface area contributed by atoms with E-state index < -0.39 is 28.9 Å². The van der Waals surface area contributed by atoms with Gasteiger partial charge in [0.25, 0.3) is 22.2 Å². The molecule has 0 spiro atoms. The van der Waals surface area contributed by atoms with E-state index in [2.05, 4.69) is 126 Å². The third-order valence-electron chi connectivity index (χ3n) is 21.9. The minimum atomic E-state index is -0.820. The van der Waals surface area contributed by atoms with Crippen LogP contribution in [-0.2, 0) is 6.54 Å². The van der Waals surface area contributed by atoms with E-state index >= 15 is 0 Å². The van der Waals surface area contributed by atoms with Gasteiger partial charge in [-0.15, -0.1) is 0 Å². The molecule has 12 aromatic heterocycles. The number of aromatic amines is 4. The molecular formula is C92H86F2N24O4. The molecule has 3 unspecified atom stereocenters. The lowest BCUT2D eigenvalue weighted by Crippen LogP contribution is -2.29. The fourth-order valence-electron chi connectivity index (χ4n) is 16.0. The molecular weight excluding hydrogens is 1540 g/mol. The molecule has 19 aromatic rings. The fourth-order valence-corrected chi connectivity index (χ4v) is 16.0. The first-order valence-electron chi connectivity index (χ1n) is 39.9. The Labute approximate surface area is 695 Å². The zero-order valence-electron chi connectivity index (χ0n) is 68.7. The highest BCUT2D eigenvalue weighted by Crippen LogP contribution is 2.35. The average Bonchev–Trinajstić information content (AvgIpc) is 0.937. The molecule has 30 heteroatoms. The van der Waals surface area contributed by atoms with Crippen molar-refractivity contribution < 1.29 is 8.78 Å². The summed E-state index contributed by atoms with van der Waals surface area (Å²) in [6.45, 7) is 22.3. The average molecular weight is 1630 g/mol. The van der Waals surface area contributed by atoms with Crippen molar-refractivity contribution in [2.75, 3.05) is 21.3 Å². The molecule has 0 radical (unpaired) electrons. The normalized spacial score (nSPS) is 12.2. The maximum absolute atomic E-state index is 14.9. The van der Waals surface area contributed by atoms with Crippen molar-refractivity contribution in [3.63, 3.8) is 0 Å². The monoisotopic (exact) mass is 1630 g/mol. The van der Waals surface area contributed by atoms with Gasteiger partial charge in [0.05, 0.1) is 77.2 Å². The predicted octanol–water partition coefficient (Wildman–Crippen LogP) is 17.3. The van der Waals surface area contributed by atoms with Crippen LogP contribution in [0.25, 0.3) is 105 Å². The number of nitrogens with one attached hydrogen (secondary N) is 8. The first-order valence-corrected chi connectivity index (χ1v) is 39.9. The number of hydrogen-bond donors (Lipinski definition) is 8. The molecule has 12 heterocycles. The van der Waals surface area contributed by atoms with E-state index in [9.17, 15) is 28.0 Å². The Kier molecular flexibility index (Phi) is 22.6. The summed E-state index contributed by atoms with van der Waals surface area (Å²) in [6.07, 6.45) is 13.4. The number of aromatic nitrogens is 20. The lowest BCUT2D eigenvalue weighted by atomic mass is 10.0. The highest BCUT2D eigenvalue weighted by molar-refractivity contribution is 5.91. The molecule has 0 aliphatic carbocycles. The number of nitrogens with zero attached hydrogens (tertiary/aromatic N) is 16. The van der Waals surface area contributed by atoms with Crippen LogP contribution in [0, 0.1) is 53.2 Å². The topological polar surface area (TPSA) is 354 Å². The Balaban J connectivity index is 0.000000121. The molecule has 0 fully saturated rings. The Morgan fingerprint density at radius 2 is 0.730 bits per heavy atom. The van der Waals surface area contributed by atoms with Gasteiger partial charge in [0.2, 0.25) is 0 Å². The summed E-state index contributed by atoms with van der Waals surface area (Å²) < 4.78 is 36.4. The lowest BCUT2D eigenvalue weighted by molar-refractivity contribution is 0.528. The number of H-pyrrole nitrogens is 4. The van der Waals surface area contributed by atoms with E-state index in [0.29, 0.717) is 80.8 Å². The fraction of sp³-hybridized carbons (Fsp3) is 0.196. The number of hydrogen-bond acceptors (Lipinski definition) is 20. The lowest BCUT2D eigenvalue weighted by Gasteiger charge is -2.25. The second kappa shape index (κ2) is 34.3. The van der Waals surface area contributed by atoms with Crippen molar-refractivity contribution in [2.45, 2.75) is 120 Å². The number of rotatable bonds is 18. The van der Waals surface area contributed by atoms with Gasteiger partial charge in [-0.1, -0.05) is 129 Å². The molecule has 3 atom stereocenters. The van der Waals surface area contributed by atoms with Crippen LogP contribution in [0.1, 0.15) is 128 Å². The third-order valence-corrected chi connectivity index (χ3v) is 21.9. The van der Waals surface area contributed by atoms with Crippen LogP contribution in [0.15, 0.2) is 234 Å². The van der Waals surface area contributed by atoms with E-state index in [-0.39, 0.29) is 34.8 Å². The van der Waals surface area contributed by atoms with E-state index in [0.717, 1.165) is 134 Å². The Morgan fingerprint density at radius 1 is 0.361 bits per heavy atom. The van der Waals surface area contributed by atoms with Gasteiger partial charge in [-0.25, -0.2) is 68.6 Å². The van der Waals surface area contributed by atoms with Crippen molar-refractivity contribution in [1.82, 2.24) is 98.0 Å². The van der Waals surface area contributed by atoms with Gasteiger partial charge < -0.3 is 45.8 Å². The zero-order chi connectivity index (χ0) is 85.1. The highest BCUT2D eigenvalue weighted by Gasteiger charge is 2.27. The summed E-state index contributed by atoms with van der Waals surface area (Å²) in [5, 5.41) is 19.8. The molecule has 0 aliphatic rings. The summed E-state index contributed by atoms with van der Waals surface area (Å²) in [6, 6.07) is 50.0. The Morgan fingerprint density at radius 3 is 1.19 bits per heavy atom. The number of anilines is 4. The molecule has 612 valence electrons. The summed E-state index contributed by atoms with van der Waals surface area (Å²) in [7, 11) is 0. The minimum absolute atomic E-state index is 0.0147. The smallest absolute Gasteiger partial charge is 0.263 e. The molecule has 7 aromatic carbocycles. The predicted molar refractivity (Wildman–Crippen MR) is 475 cm³/mol. The first-order chi connectivity index (χ1) is 59.2. The van der Waals surface area contributed by atoms with Gasteiger partial charge in [0.15, 0.2) is 45.9 Å². The van der Waals surface area contributed by atoms with Crippen LogP contribution in [0.4, 0.5) is 32.1 Å². The quantitative estimate of drug-likeness (QED) is 0.0395. The van der Waals surface area contributed by atoms with Crippen molar-refractivity contribution in [1.29, 1.82) is 0 Å². The Bertz CT molecular complexity index is 7390. The van der Waals surface area contributed by atoms with Gasteiger partial charge in [-0.2, -0.15) is 0 Å². The second-order valence-corrected chi connectivity index (χ2v) is 30.1. The molecule has 8 N–H and O–H groups in total. The highest BCUT2D eigenvalue weighted by atomic mass is 19.1. The maximum Gasteiger partial charge on any atom is 0.263 e. The van der Waals surface area contributed by atoms with E-state index in [4.69, 9.17) is 0 Å². The number of halogens is 2. The third kappa shape index (κ3) is 15.5. The molecule has 0 saturated heterocycles. The minimum Gasteiger partial charge on any atom is -0.363 e. The molecule has 0 saturated carbocycles. The zero-order valence-corrected chi connectivity index (χ0v) is 68.7. The van der Waals surface area contributed by atoms with Gasteiger partial charge in [0, 0.05) is 34.5 Å². The SMILES string of the molecule is CCC(Nc1ncnc2nc[nH]c12)c1cc2cccc(C)c2c(=O)n1-c1c(F)cccc1F.CCC(Nc1ncnc2nc[nH]c12)c1cc2cccc(C)c2c(=O)n1C(C)C.Cc1cccc(C)c1-n1c(CNc2ncnc3nc[nH]c23)cc2cccc(C)c2c1=O.Cc1cccc2cc(C(C)Nc3ncnc4nc[nH]c34)n(-c3ccccc3)c(=O)c12. The number of imidazole rings is 4. The van der Waals surface area contributed by atoms with Crippen molar-refractivity contribution in [3.05, 3.63) is 324 Å². The molecule has 0 aliphatic heterocycles. The standard InChI is InChI=1S/C24H20F2N6O.C24H22N6O.C23H20N6O.C21H24N6O/c1-3-17(31-23-20-22(28-11-27-20)29-12-30-23)18-10-14-7-4-6-13(2)19(14)24(33)32(18)21-15(25)8-5-9-16(21)26;1-14-6-5-9-17-10-18(11-25-22-20-23(27-12-26-20)29-13-28-22)30(24(31)19(14)17)21-15(2)7-4-8-16(21)3;1-14-7-6-8-16-11-18(29(23(30)19(14)16)17-9-4-3-5-10-17)15(2)28-22-20-21(25-12-24-20)26-13-27-22;1-5-15(26-20-18-19(23-10-22-18)24-11-25-20)16-9-14-8-6-7-13(4)17(14)21(28)27(16)12(2)3/h4-12,17H,3H2,1-2H3,(H2,27,28,29,30,31);4-10,12-13H,11H2,1-3H3,(H2,25,26,27,28,29);3-13,15H,1-2H3,(H2,24,25,26,27,28);6-12,15H,5H2,1-4H3,(H2,22,23,24,25,26). The van der Waals surface area contributed by atoms with E-state index in [1.165, 1.54) is 37.7 Å². The van der Waals surface area contributed by atoms with Crippen molar-refractivity contribution >= 4 is 111 Å². The second-order valence-electron chi connectivity index (χ2n) is 30.1. The van der Waals surface area contributed by atoms with Crippen LogP contribution >= 0.6 is 0 Å². The molecule has 122 heavy (non-hydrogen) atoms. The summed E-state index contributed by atoms with van der Waals surface area (Å²) in [5.41, 5.74) is 14.8. The molecule has 19 rings (SSSR count). The summed E-state index contributed by atoms with van der Waals surface area (Å²) in [5.74, 6) is 0.801. The maximum atomic E-state index is 14.9. The molecule has 0 amide bonds. The number of benzene rings is 7. The van der Waals surface area contributed by atoms with Crippen LogP contribution in [-0.4, -0.2) is 98.0 Å². The van der Waals surface area contributed by atoms with Crippen LogP contribution < -0.4 is 43.5 Å². The van der Waals surface area contributed by atoms with E-state index in [1.807, 2.05) is 187 Å². The van der Waals surface area contributed by atoms with E-state index in [1.54, 1.807) is 42.6 Å². The number of fused-ring (bicyclic) bond motifs is 8. The first kappa shape index (κ1) is 80.4. The van der Waals surface area contributed by atoms with Crippen molar-refractivity contribution in [3.8, 4) is 17.1 Å². The summed E-state index contributed by atoms with van der Waals surface area (Å²) in [4.78, 5) is 117. The van der Waals surface area contributed by atoms with Crippen molar-refractivity contribution in [2.24, 2.45) is 0 Å². The van der Waals surface area contributed by atoms with Gasteiger partial charge in [-0.05, 0) is 179 Å². The number of para-hydroxylation sites is 3. The van der Waals surface area contributed by atoms with Crippen LogP contribution in [0.3, 0.4) is 0 Å². The molecule has 0 bridgehead atoms. The summed E-state index contributed by atoms with van der Waals surface area (Å²) >= 11 is 0. The number of pyridine rings is 4. The number of aryl methyl sites for hydroxylation is 6. The van der Waals surface area contributed by atoms with Gasteiger partial charge in [-0.3, -0.25) is 32.9 Å². The van der Waals surface area contributed by atoms with Gasteiger partial charge in [0.1, 0.15) is 64.7 Å². The molecule has 28 nitrogen and oxygen atoms in total.